The predicted octanol–water partition coefficient (Wildman–Crippen LogP) is 1.17. The fourth-order valence-electron chi connectivity index (χ4n) is 4.01. The third-order valence-electron chi connectivity index (χ3n) is 5.49. The summed E-state index contributed by atoms with van der Waals surface area (Å²) in [7, 11) is 4.09. The van der Waals surface area contributed by atoms with Crippen LogP contribution in [0.15, 0.2) is 30.3 Å². The van der Waals surface area contributed by atoms with Gasteiger partial charge in [-0.3, -0.25) is 9.69 Å². The van der Waals surface area contributed by atoms with Gasteiger partial charge in [0.1, 0.15) is 0 Å². The molecule has 0 radical (unpaired) electrons. The molecule has 1 N–H and O–H groups in total. The molecule has 1 aromatic rings. The topological polar surface area (TPSA) is 47.0 Å². The van der Waals surface area contributed by atoms with Crippen LogP contribution >= 0.6 is 0 Å². The van der Waals surface area contributed by atoms with Crippen LogP contribution < -0.4 is 0 Å². The minimum absolute atomic E-state index is 0.0379. The van der Waals surface area contributed by atoms with Crippen molar-refractivity contribution < 1.29 is 9.90 Å². The number of likely N-dealkylation sites (N-methyl/N-ethyl adjacent to an activating group) is 1. The molecule has 0 saturated carbocycles. The molecule has 2 fully saturated rings. The summed E-state index contributed by atoms with van der Waals surface area (Å²) >= 11 is 0. The van der Waals surface area contributed by atoms with E-state index in [0.29, 0.717) is 6.04 Å². The number of hydrogen-bond donors (Lipinski definition) is 1. The monoisotopic (exact) mass is 331 g/mol. The Bertz CT molecular complexity index is 549. The third kappa shape index (κ3) is 3.63. The Morgan fingerprint density at radius 3 is 2.71 bits per heavy atom. The van der Waals surface area contributed by atoms with Crippen molar-refractivity contribution in [3.05, 3.63) is 35.9 Å². The Labute approximate surface area is 144 Å². The number of rotatable bonds is 5. The molecule has 0 bridgehead atoms. The summed E-state index contributed by atoms with van der Waals surface area (Å²) in [6.07, 6.45) is 2.85. The highest BCUT2D eigenvalue weighted by atomic mass is 16.3. The zero-order valence-electron chi connectivity index (χ0n) is 14.8. The Balaban J connectivity index is 1.69. The normalized spacial score (nSPS) is 28.0. The molecule has 2 aliphatic heterocycles. The van der Waals surface area contributed by atoms with Gasteiger partial charge < -0.3 is 14.9 Å². The Kier molecular flexibility index (Phi) is 5.54. The van der Waals surface area contributed by atoms with Crippen LogP contribution in [-0.2, 0) is 11.3 Å². The lowest BCUT2D eigenvalue weighted by Crippen LogP contribution is -2.48. The number of nitrogens with zero attached hydrogens (tertiary/aromatic N) is 3. The van der Waals surface area contributed by atoms with E-state index in [1.54, 1.807) is 0 Å². The molecule has 0 aromatic heterocycles. The Hall–Kier alpha value is -1.43. The van der Waals surface area contributed by atoms with Crippen molar-refractivity contribution in [1.29, 1.82) is 0 Å². The van der Waals surface area contributed by atoms with Crippen LogP contribution in [-0.4, -0.2) is 77.6 Å². The van der Waals surface area contributed by atoms with Gasteiger partial charge in [-0.1, -0.05) is 30.3 Å². The first-order chi connectivity index (χ1) is 11.6. The molecule has 0 aliphatic carbocycles. The lowest BCUT2D eigenvalue weighted by molar-refractivity contribution is -0.137. The maximum Gasteiger partial charge on any atom is 0.240 e. The first-order valence-electron chi connectivity index (χ1n) is 8.96. The molecular weight excluding hydrogens is 302 g/mol. The van der Waals surface area contributed by atoms with Crippen molar-refractivity contribution in [3.63, 3.8) is 0 Å². The van der Waals surface area contributed by atoms with Crippen LogP contribution in [0.1, 0.15) is 24.8 Å². The van der Waals surface area contributed by atoms with E-state index in [9.17, 15) is 9.90 Å². The summed E-state index contributed by atoms with van der Waals surface area (Å²) in [5, 5.41) is 9.70. The quantitative estimate of drug-likeness (QED) is 0.880. The van der Waals surface area contributed by atoms with Crippen molar-refractivity contribution in [2.24, 2.45) is 0 Å². The minimum Gasteiger partial charge on any atom is -0.394 e. The molecular formula is C19H29N3O2. The van der Waals surface area contributed by atoms with Crippen LogP contribution in [0.4, 0.5) is 0 Å². The van der Waals surface area contributed by atoms with Crippen LogP contribution in [0.3, 0.4) is 0 Å². The van der Waals surface area contributed by atoms with E-state index in [0.717, 1.165) is 38.9 Å². The van der Waals surface area contributed by atoms with Crippen LogP contribution in [0.5, 0.6) is 0 Å². The predicted molar refractivity (Wildman–Crippen MR) is 94.6 cm³/mol. The first kappa shape index (κ1) is 17.4. The van der Waals surface area contributed by atoms with Gasteiger partial charge in [0, 0.05) is 19.1 Å². The second-order valence-corrected chi connectivity index (χ2v) is 7.29. The Morgan fingerprint density at radius 2 is 2.04 bits per heavy atom. The van der Waals surface area contributed by atoms with Gasteiger partial charge in [0.15, 0.2) is 0 Å². The number of carbonyl (C=O) groups is 1. The zero-order chi connectivity index (χ0) is 17.1. The molecule has 1 aromatic carbocycles. The highest BCUT2D eigenvalue weighted by Gasteiger charge is 2.41. The summed E-state index contributed by atoms with van der Waals surface area (Å²) < 4.78 is 0. The van der Waals surface area contributed by atoms with Crippen LogP contribution in [0.25, 0.3) is 0 Å². The van der Waals surface area contributed by atoms with E-state index < -0.39 is 0 Å². The molecule has 1 amide bonds. The molecule has 5 nitrogen and oxygen atoms in total. The summed E-state index contributed by atoms with van der Waals surface area (Å²) in [5.41, 5.74) is 1.25. The summed E-state index contributed by atoms with van der Waals surface area (Å²) in [5.74, 6) is 0.201. The molecule has 2 heterocycles. The third-order valence-corrected chi connectivity index (χ3v) is 5.49. The van der Waals surface area contributed by atoms with Crippen LogP contribution in [0, 0.1) is 0 Å². The lowest BCUT2D eigenvalue weighted by Gasteiger charge is -2.31. The van der Waals surface area contributed by atoms with E-state index in [-0.39, 0.29) is 24.6 Å². The number of hydrogen-bond acceptors (Lipinski definition) is 4. The van der Waals surface area contributed by atoms with E-state index in [4.69, 9.17) is 0 Å². The maximum atomic E-state index is 13.1. The SMILES string of the molecule is CN(C)[C@@H]1C[C@@H](CO)N(C(=O)[C@@H]2CCCN2Cc2ccccc2)C1. The molecule has 2 saturated heterocycles. The van der Waals surface area contributed by atoms with E-state index in [1.165, 1.54) is 5.56 Å². The van der Waals surface area contributed by atoms with Crippen molar-refractivity contribution in [2.45, 2.75) is 43.9 Å². The van der Waals surface area contributed by atoms with Crippen molar-refractivity contribution >= 4 is 5.91 Å². The smallest absolute Gasteiger partial charge is 0.240 e. The van der Waals surface area contributed by atoms with Gasteiger partial charge >= 0.3 is 0 Å². The highest BCUT2D eigenvalue weighted by molar-refractivity contribution is 5.83. The van der Waals surface area contributed by atoms with Gasteiger partial charge in [0.25, 0.3) is 0 Å². The number of aliphatic hydroxyl groups is 1. The maximum absolute atomic E-state index is 13.1. The molecule has 3 atom stereocenters. The van der Waals surface area contributed by atoms with E-state index in [1.807, 2.05) is 37.2 Å². The number of benzene rings is 1. The van der Waals surface area contributed by atoms with Gasteiger partial charge in [0.05, 0.1) is 18.7 Å². The van der Waals surface area contributed by atoms with Crippen molar-refractivity contribution in [3.8, 4) is 0 Å². The van der Waals surface area contributed by atoms with Crippen molar-refractivity contribution in [2.75, 3.05) is 33.8 Å². The van der Waals surface area contributed by atoms with Gasteiger partial charge in [-0.15, -0.1) is 0 Å². The molecule has 5 heteroatoms. The number of aliphatic hydroxyl groups excluding tert-OH is 1. The minimum atomic E-state index is -0.0415. The van der Waals surface area contributed by atoms with E-state index in [2.05, 4.69) is 21.9 Å². The average Bonchev–Trinajstić information content (AvgIpc) is 3.22. The average molecular weight is 331 g/mol. The number of likely N-dealkylation sites (tertiary alicyclic amines) is 2. The lowest BCUT2D eigenvalue weighted by atomic mass is 10.1. The molecule has 0 unspecified atom stereocenters. The molecule has 132 valence electrons. The second-order valence-electron chi connectivity index (χ2n) is 7.29. The van der Waals surface area contributed by atoms with Crippen LogP contribution in [0.2, 0.25) is 0 Å². The largest absolute Gasteiger partial charge is 0.394 e. The molecule has 0 spiro atoms. The second kappa shape index (κ2) is 7.64. The fraction of sp³-hybridized carbons (Fsp3) is 0.632. The summed E-state index contributed by atoms with van der Waals surface area (Å²) in [4.78, 5) is 19.5. The van der Waals surface area contributed by atoms with Gasteiger partial charge in [-0.25, -0.2) is 0 Å². The van der Waals surface area contributed by atoms with E-state index >= 15 is 0 Å². The highest BCUT2D eigenvalue weighted by Crippen LogP contribution is 2.27. The first-order valence-corrected chi connectivity index (χ1v) is 8.96. The zero-order valence-corrected chi connectivity index (χ0v) is 14.8. The van der Waals surface area contributed by atoms with Gasteiger partial charge in [-0.2, -0.15) is 0 Å². The number of carbonyl (C=O) groups excluding carboxylic acids is 1. The van der Waals surface area contributed by atoms with Gasteiger partial charge in [0.2, 0.25) is 5.91 Å². The number of amides is 1. The molecule has 2 aliphatic rings. The van der Waals surface area contributed by atoms with Crippen molar-refractivity contribution in [1.82, 2.24) is 14.7 Å². The molecule has 3 rings (SSSR count). The summed E-state index contributed by atoms with van der Waals surface area (Å²) in [6, 6.07) is 10.6. The van der Waals surface area contributed by atoms with Gasteiger partial charge in [-0.05, 0) is 45.5 Å². The molecule has 24 heavy (non-hydrogen) atoms. The standard InChI is InChI=1S/C19H29N3O2/c1-20(2)16-11-17(14-23)22(13-16)19(24)18-9-6-10-21(18)12-15-7-4-3-5-8-15/h3-5,7-8,16-18,23H,6,9-14H2,1-2H3/t16-,17+,18+/m1/s1. The Morgan fingerprint density at radius 1 is 1.29 bits per heavy atom. The fourth-order valence-corrected chi connectivity index (χ4v) is 4.01. The summed E-state index contributed by atoms with van der Waals surface area (Å²) in [6.45, 7) is 2.58.